The second-order valence-electron chi connectivity index (χ2n) is 3.69. The van der Waals surface area contributed by atoms with Gasteiger partial charge in [0.25, 0.3) is 0 Å². The molecule has 1 rings (SSSR count). The molecule has 7 heteroatoms. The molecule has 0 N–H and O–H groups in total. The number of halogens is 1. The highest BCUT2D eigenvalue weighted by atomic mass is 35.7. The molecule has 0 atom stereocenters. The molecule has 0 amide bonds. The lowest BCUT2D eigenvalue weighted by Gasteiger charge is -2.06. The third-order valence-corrected chi connectivity index (χ3v) is 3.41. The lowest BCUT2D eigenvalue weighted by atomic mass is 10.2. The fourth-order valence-corrected chi connectivity index (χ4v) is 2.11. The summed E-state index contributed by atoms with van der Waals surface area (Å²) < 4.78 is 31.5. The number of carbonyl (C=O) groups excluding carboxylic acids is 1. The van der Waals surface area contributed by atoms with Crippen LogP contribution in [0.1, 0.15) is 23.7 Å². The highest BCUT2D eigenvalue weighted by Crippen LogP contribution is 2.13. The van der Waals surface area contributed by atoms with Crippen LogP contribution < -0.4 is 4.74 Å². The van der Waals surface area contributed by atoms with Crippen molar-refractivity contribution in [2.75, 3.05) is 19.0 Å². The second kappa shape index (κ2) is 7.35. The molecule has 0 unspecified atom stereocenters. The van der Waals surface area contributed by atoms with E-state index in [1.165, 1.54) is 0 Å². The lowest BCUT2D eigenvalue weighted by Crippen LogP contribution is -2.06. The van der Waals surface area contributed by atoms with Gasteiger partial charge in [-0.3, -0.25) is 0 Å². The summed E-state index contributed by atoms with van der Waals surface area (Å²) in [7, 11) is 1.59. The van der Waals surface area contributed by atoms with E-state index in [1.807, 2.05) is 0 Å². The minimum Gasteiger partial charge on any atom is -0.494 e. The van der Waals surface area contributed by atoms with E-state index in [-0.39, 0.29) is 18.3 Å². The van der Waals surface area contributed by atoms with Gasteiger partial charge in [0.15, 0.2) is 0 Å². The fraction of sp³-hybridized carbons (Fsp3) is 0.417. The predicted octanol–water partition coefficient (Wildman–Crippen LogP) is 2.20. The number of benzene rings is 1. The molecule has 5 nitrogen and oxygen atoms in total. The van der Waals surface area contributed by atoms with E-state index in [9.17, 15) is 13.2 Å². The Balaban J connectivity index is 2.42. The Bertz CT molecular complexity index is 509. The van der Waals surface area contributed by atoms with Crippen molar-refractivity contribution in [2.24, 2.45) is 0 Å². The molecular weight excluding hydrogens is 292 g/mol. The van der Waals surface area contributed by atoms with Crippen molar-refractivity contribution in [3.63, 3.8) is 0 Å². The molecule has 19 heavy (non-hydrogen) atoms. The van der Waals surface area contributed by atoms with Gasteiger partial charge in [-0.1, -0.05) is 0 Å². The van der Waals surface area contributed by atoms with Gasteiger partial charge in [-0.2, -0.15) is 0 Å². The number of hydrogen-bond acceptors (Lipinski definition) is 5. The van der Waals surface area contributed by atoms with E-state index in [0.717, 1.165) is 0 Å². The average molecular weight is 307 g/mol. The van der Waals surface area contributed by atoms with E-state index in [4.69, 9.17) is 20.2 Å². The van der Waals surface area contributed by atoms with Gasteiger partial charge < -0.3 is 9.47 Å². The van der Waals surface area contributed by atoms with Crippen LogP contribution in [0.5, 0.6) is 5.75 Å². The third kappa shape index (κ3) is 6.45. The summed E-state index contributed by atoms with van der Waals surface area (Å²) in [5.41, 5.74) is 0.442. The van der Waals surface area contributed by atoms with Crippen molar-refractivity contribution < 1.29 is 22.7 Å². The third-order valence-electron chi connectivity index (χ3n) is 2.17. The quantitative estimate of drug-likeness (QED) is 0.439. The monoisotopic (exact) mass is 306 g/mol. The molecule has 0 radical (unpaired) electrons. The molecule has 106 valence electrons. The molecule has 0 aliphatic rings. The molecular formula is C12H15ClO5S. The molecule has 0 aliphatic carbocycles. The lowest BCUT2D eigenvalue weighted by molar-refractivity contribution is 0.0526. The van der Waals surface area contributed by atoms with Gasteiger partial charge in [0.2, 0.25) is 9.05 Å². The van der Waals surface area contributed by atoms with Crippen LogP contribution in [0.2, 0.25) is 0 Å². The zero-order valence-corrected chi connectivity index (χ0v) is 12.0. The van der Waals surface area contributed by atoms with E-state index in [0.29, 0.717) is 24.3 Å². The molecule has 0 aliphatic heterocycles. The van der Waals surface area contributed by atoms with Crippen LogP contribution >= 0.6 is 10.7 Å². The highest BCUT2D eigenvalue weighted by molar-refractivity contribution is 8.13. The number of hydrogen-bond donors (Lipinski definition) is 0. The highest BCUT2D eigenvalue weighted by Gasteiger charge is 2.07. The first-order valence-corrected chi connectivity index (χ1v) is 8.22. The Kier molecular flexibility index (Phi) is 6.11. The van der Waals surface area contributed by atoms with Crippen LogP contribution in [0.25, 0.3) is 0 Å². The Morgan fingerprint density at radius 2 is 1.89 bits per heavy atom. The zero-order valence-electron chi connectivity index (χ0n) is 10.5. The van der Waals surface area contributed by atoms with Gasteiger partial charge in [0.05, 0.1) is 24.5 Å². The maximum absolute atomic E-state index is 11.4. The van der Waals surface area contributed by atoms with E-state index >= 15 is 0 Å². The molecule has 0 saturated heterocycles. The molecule has 1 aromatic carbocycles. The first-order valence-electron chi connectivity index (χ1n) is 5.74. The van der Waals surface area contributed by atoms with Gasteiger partial charge in [-0.25, -0.2) is 13.2 Å². The molecule has 1 aromatic rings. The summed E-state index contributed by atoms with van der Waals surface area (Å²) in [6.07, 6.45) is 0.311. The maximum atomic E-state index is 11.4. The van der Waals surface area contributed by atoms with Crippen LogP contribution in [0, 0.1) is 0 Å². The van der Waals surface area contributed by atoms with E-state index in [2.05, 4.69) is 0 Å². The van der Waals surface area contributed by atoms with Crippen molar-refractivity contribution in [2.45, 2.75) is 13.3 Å². The molecule has 0 heterocycles. The summed E-state index contributed by atoms with van der Waals surface area (Å²) in [4.78, 5) is 11.4. The summed E-state index contributed by atoms with van der Waals surface area (Å²) in [6.45, 7) is 2.30. The number of esters is 1. The smallest absolute Gasteiger partial charge is 0.338 e. The minimum absolute atomic E-state index is 0.129. The van der Waals surface area contributed by atoms with E-state index < -0.39 is 9.05 Å². The van der Waals surface area contributed by atoms with Crippen molar-refractivity contribution >= 4 is 25.7 Å². The normalized spacial score (nSPS) is 11.1. The molecule has 0 spiro atoms. The molecule has 0 aromatic heterocycles. The minimum atomic E-state index is -3.47. The average Bonchev–Trinajstić information content (AvgIpc) is 2.34. The van der Waals surface area contributed by atoms with Crippen molar-refractivity contribution in [3.05, 3.63) is 29.8 Å². The number of carbonyl (C=O) groups is 1. The number of ether oxygens (including phenoxy) is 2. The Hall–Kier alpha value is -1.27. The van der Waals surface area contributed by atoms with Crippen LogP contribution in [0.15, 0.2) is 24.3 Å². The first kappa shape index (κ1) is 15.8. The van der Waals surface area contributed by atoms with Gasteiger partial charge in [0, 0.05) is 10.7 Å². The van der Waals surface area contributed by atoms with Crippen molar-refractivity contribution in [1.29, 1.82) is 0 Å². The second-order valence-corrected chi connectivity index (χ2v) is 6.59. The summed E-state index contributed by atoms with van der Waals surface area (Å²) in [6, 6.07) is 6.43. The van der Waals surface area contributed by atoms with Crippen LogP contribution in [0.3, 0.4) is 0 Å². The topological polar surface area (TPSA) is 69.7 Å². The van der Waals surface area contributed by atoms with Crippen LogP contribution in [-0.2, 0) is 13.8 Å². The standard InChI is InChI=1S/C12H15ClO5S/c1-2-17-12(14)10-4-6-11(7-5-10)18-8-3-9-19(13,15)16/h4-7H,2-3,8-9H2,1H3. The van der Waals surface area contributed by atoms with Crippen molar-refractivity contribution in [1.82, 2.24) is 0 Å². The predicted molar refractivity (Wildman–Crippen MR) is 72.2 cm³/mol. The Morgan fingerprint density at radius 1 is 1.26 bits per heavy atom. The zero-order chi connectivity index (χ0) is 14.3. The Morgan fingerprint density at radius 3 is 2.42 bits per heavy atom. The molecule has 0 saturated carbocycles. The fourth-order valence-electron chi connectivity index (χ4n) is 1.32. The van der Waals surface area contributed by atoms with Crippen molar-refractivity contribution in [3.8, 4) is 5.75 Å². The summed E-state index contributed by atoms with van der Waals surface area (Å²) >= 11 is 0. The largest absolute Gasteiger partial charge is 0.494 e. The SMILES string of the molecule is CCOC(=O)c1ccc(OCCCS(=O)(=O)Cl)cc1. The molecule has 0 bridgehead atoms. The van der Waals surface area contributed by atoms with E-state index in [1.54, 1.807) is 31.2 Å². The van der Waals surface area contributed by atoms with Gasteiger partial charge in [-0.05, 0) is 37.6 Å². The van der Waals surface area contributed by atoms with Crippen LogP contribution in [-0.4, -0.2) is 33.4 Å². The summed E-state index contributed by atoms with van der Waals surface area (Å²) in [5.74, 6) is 0.0393. The van der Waals surface area contributed by atoms with Crippen LogP contribution in [0.4, 0.5) is 0 Å². The first-order chi connectivity index (χ1) is 8.92. The van der Waals surface area contributed by atoms with Gasteiger partial charge >= 0.3 is 5.97 Å². The van der Waals surface area contributed by atoms with Gasteiger partial charge in [0.1, 0.15) is 5.75 Å². The molecule has 0 fully saturated rings. The summed E-state index contributed by atoms with van der Waals surface area (Å²) in [5, 5.41) is 0. The van der Waals surface area contributed by atoms with Gasteiger partial charge in [-0.15, -0.1) is 0 Å². The maximum Gasteiger partial charge on any atom is 0.338 e. The number of rotatable bonds is 7. The Labute approximate surface area is 116 Å².